The molecule has 2 rings (SSSR count). The van der Waals surface area contributed by atoms with Crippen molar-refractivity contribution >= 4 is 17.1 Å². The fraction of sp³-hybridized carbons (Fsp3) is 0.615. The number of nitrogen functional groups attached to an aromatic ring is 1. The Morgan fingerprint density at radius 3 is 2.95 bits per heavy atom. The number of nitrogens with two attached hydrogens (primary N) is 1. The summed E-state index contributed by atoms with van der Waals surface area (Å²) in [5, 5.41) is 0. The highest BCUT2D eigenvalue weighted by atomic mass is 16.5. The van der Waals surface area contributed by atoms with Gasteiger partial charge in [-0.1, -0.05) is 33.1 Å². The van der Waals surface area contributed by atoms with Crippen molar-refractivity contribution in [1.29, 1.82) is 0 Å². The lowest BCUT2D eigenvalue weighted by Crippen LogP contribution is -2.13. The summed E-state index contributed by atoms with van der Waals surface area (Å²) in [6.45, 7) is 5.04. The molecule has 0 fully saturated rings. The standard InChI is InChI=1S/C13H21N5O/c1-3-5-6-9(4-2)7-19-12-10-11(16-8-15-10)17-13(14)18-12/h8-9H,3-7H2,1-2H3,(H3,14,15,16,17,18). The molecule has 0 radical (unpaired) electrons. The highest BCUT2D eigenvalue weighted by Gasteiger charge is 2.12. The van der Waals surface area contributed by atoms with Crippen LogP contribution in [0.1, 0.15) is 39.5 Å². The lowest BCUT2D eigenvalue weighted by molar-refractivity contribution is 0.228. The van der Waals surface area contributed by atoms with Crippen molar-refractivity contribution in [2.45, 2.75) is 39.5 Å². The maximum absolute atomic E-state index is 5.81. The number of ether oxygens (including phenoxy) is 1. The van der Waals surface area contributed by atoms with Crippen LogP contribution in [0.25, 0.3) is 11.2 Å². The minimum absolute atomic E-state index is 0.191. The Labute approximate surface area is 112 Å². The van der Waals surface area contributed by atoms with Gasteiger partial charge in [0.25, 0.3) is 0 Å². The number of hydrogen-bond donors (Lipinski definition) is 2. The van der Waals surface area contributed by atoms with E-state index < -0.39 is 0 Å². The van der Waals surface area contributed by atoms with Crippen LogP contribution in [-0.2, 0) is 0 Å². The fourth-order valence-electron chi connectivity index (χ4n) is 2.02. The molecule has 0 spiro atoms. The van der Waals surface area contributed by atoms with Crippen LogP contribution < -0.4 is 10.5 Å². The minimum Gasteiger partial charge on any atom is -0.476 e. The van der Waals surface area contributed by atoms with Gasteiger partial charge in [-0.15, -0.1) is 0 Å². The zero-order valence-electron chi connectivity index (χ0n) is 11.5. The first-order valence-electron chi connectivity index (χ1n) is 6.84. The van der Waals surface area contributed by atoms with Gasteiger partial charge in [0.05, 0.1) is 12.9 Å². The Morgan fingerprint density at radius 1 is 1.37 bits per heavy atom. The van der Waals surface area contributed by atoms with Gasteiger partial charge in [0.1, 0.15) is 5.52 Å². The first-order chi connectivity index (χ1) is 9.24. The van der Waals surface area contributed by atoms with Crippen molar-refractivity contribution in [3.05, 3.63) is 6.33 Å². The molecule has 6 nitrogen and oxygen atoms in total. The molecule has 1 atom stereocenters. The molecule has 2 heterocycles. The largest absolute Gasteiger partial charge is 0.476 e. The number of H-pyrrole nitrogens is 1. The van der Waals surface area contributed by atoms with Crippen LogP contribution in [0.2, 0.25) is 0 Å². The second kappa shape index (κ2) is 6.36. The molecule has 1 unspecified atom stereocenters. The molecule has 0 aromatic carbocycles. The van der Waals surface area contributed by atoms with Gasteiger partial charge in [-0.25, -0.2) is 4.98 Å². The van der Waals surface area contributed by atoms with E-state index in [2.05, 4.69) is 33.8 Å². The molecule has 104 valence electrons. The molecule has 6 heteroatoms. The van der Waals surface area contributed by atoms with Crippen LogP contribution in [0.15, 0.2) is 6.33 Å². The molecule has 0 aliphatic carbocycles. The summed E-state index contributed by atoms with van der Waals surface area (Å²) in [4.78, 5) is 15.2. The number of nitrogens with zero attached hydrogens (tertiary/aromatic N) is 3. The third-order valence-electron chi connectivity index (χ3n) is 3.27. The highest BCUT2D eigenvalue weighted by Crippen LogP contribution is 2.21. The third-order valence-corrected chi connectivity index (χ3v) is 3.27. The molecule has 2 aromatic heterocycles. The summed E-state index contributed by atoms with van der Waals surface area (Å²) in [6.07, 6.45) is 6.29. The Bertz CT molecular complexity index is 525. The number of aromatic nitrogens is 4. The lowest BCUT2D eigenvalue weighted by atomic mass is 10.0. The summed E-state index contributed by atoms with van der Waals surface area (Å²) >= 11 is 0. The molecule has 0 saturated heterocycles. The highest BCUT2D eigenvalue weighted by molar-refractivity contribution is 5.76. The van der Waals surface area contributed by atoms with Crippen LogP contribution in [0.5, 0.6) is 5.88 Å². The van der Waals surface area contributed by atoms with E-state index in [9.17, 15) is 0 Å². The number of rotatable bonds is 7. The number of unbranched alkanes of at least 4 members (excludes halogenated alkanes) is 1. The van der Waals surface area contributed by atoms with Crippen LogP contribution in [0.3, 0.4) is 0 Å². The Hall–Kier alpha value is -1.85. The van der Waals surface area contributed by atoms with E-state index in [1.165, 1.54) is 19.3 Å². The van der Waals surface area contributed by atoms with E-state index in [0.29, 0.717) is 29.6 Å². The molecule has 0 saturated carbocycles. The predicted molar refractivity (Wildman–Crippen MR) is 74.9 cm³/mol. The van der Waals surface area contributed by atoms with Crippen LogP contribution in [0.4, 0.5) is 5.95 Å². The van der Waals surface area contributed by atoms with E-state index >= 15 is 0 Å². The van der Waals surface area contributed by atoms with Crippen molar-refractivity contribution in [3.63, 3.8) is 0 Å². The zero-order chi connectivity index (χ0) is 13.7. The minimum atomic E-state index is 0.191. The first kappa shape index (κ1) is 13.6. The Kier molecular flexibility index (Phi) is 4.54. The molecule has 0 amide bonds. The van der Waals surface area contributed by atoms with Gasteiger partial charge < -0.3 is 15.5 Å². The second-order valence-corrected chi connectivity index (χ2v) is 4.72. The number of aromatic amines is 1. The molecule has 0 bridgehead atoms. The third kappa shape index (κ3) is 3.33. The smallest absolute Gasteiger partial charge is 0.245 e. The number of fused-ring (bicyclic) bond motifs is 1. The van der Waals surface area contributed by atoms with Crippen LogP contribution >= 0.6 is 0 Å². The van der Waals surface area contributed by atoms with Crippen molar-refractivity contribution in [2.24, 2.45) is 5.92 Å². The predicted octanol–water partition coefficient (Wildman–Crippen LogP) is 2.53. The molecule has 0 aliphatic rings. The van der Waals surface area contributed by atoms with Crippen LogP contribution in [0, 0.1) is 5.92 Å². The Balaban J connectivity index is 2.06. The summed E-state index contributed by atoms with van der Waals surface area (Å²) < 4.78 is 5.81. The van der Waals surface area contributed by atoms with E-state index in [1.54, 1.807) is 6.33 Å². The average molecular weight is 263 g/mol. The number of hydrogen-bond acceptors (Lipinski definition) is 5. The summed E-state index contributed by atoms with van der Waals surface area (Å²) in [5.41, 5.74) is 6.90. The van der Waals surface area contributed by atoms with Gasteiger partial charge in [-0.05, 0) is 12.3 Å². The van der Waals surface area contributed by atoms with Gasteiger partial charge in [0.15, 0.2) is 5.65 Å². The molecule has 0 aliphatic heterocycles. The summed E-state index contributed by atoms with van der Waals surface area (Å²) in [6, 6.07) is 0. The molecular weight excluding hydrogens is 242 g/mol. The molecule has 19 heavy (non-hydrogen) atoms. The van der Waals surface area contributed by atoms with E-state index in [1.807, 2.05) is 0 Å². The zero-order valence-corrected chi connectivity index (χ0v) is 11.5. The fourth-order valence-corrected chi connectivity index (χ4v) is 2.02. The topological polar surface area (TPSA) is 89.7 Å². The van der Waals surface area contributed by atoms with E-state index in [4.69, 9.17) is 10.5 Å². The van der Waals surface area contributed by atoms with E-state index in [-0.39, 0.29) is 5.95 Å². The van der Waals surface area contributed by atoms with Gasteiger partial charge in [0, 0.05) is 0 Å². The number of imidazole rings is 1. The monoisotopic (exact) mass is 263 g/mol. The molecular formula is C13H21N5O. The summed E-state index contributed by atoms with van der Waals surface area (Å²) in [7, 11) is 0. The lowest BCUT2D eigenvalue weighted by Gasteiger charge is -2.15. The SMILES string of the molecule is CCCCC(CC)COc1nc(N)nc2nc[nH]c12. The summed E-state index contributed by atoms with van der Waals surface area (Å²) in [5.74, 6) is 1.24. The van der Waals surface area contributed by atoms with Gasteiger partial charge in [0.2, 0.25) is 11.8 Å². The van der Waals surface area contributed by atoms with Crippen molar-refractivity contribution in [1.82, 2.24) is 19.9 Å². The normalized spacial score (nSPS) is 12.7. The Morgan fingerprint density at radius 2 is 2.21 bits per heavy atom. The second-order valence-electron chi connectivity index (χ2n) is 4.72. The van der Waals surface area contributed by atoms with Crippen molar-refractivity contribution in [2.75, 3.05) is 12.3 Å². The van der Waals surface area contributed by atoms with Crippen molar-refractivity contribution < 1.29 is 4.74 Å². The van der Waals surface area contributed by atoms with Crippen molar-refractivity contribution in [3.8, 4) is 5.88 Å². The van der Waals surface area contributed by atoms with E-state index in [0.717, 1.165) is 6.42 Å². The number of anilines is 1. The quantitative estimate of drug-likeness (QED) is 0.801. The maximum Gasteiger partial charge on any atom is 0.245 e. The molecule has 2 aromatic rings. The first-order valence-corrected chi connectivity index (χ1v) is 6.84. The van der Waals surface area contributed by atoms with Gasteiger partial charge in [-0.2, -0.15) is 9.97 Å². The van der Waals surface area contributed by atoms with Gasteiger partial charge >= 0.3 is 0 Å². The average Bonchev–Trinajstić information content (AvgIpc) is 2.86. The van der Waals surface area contributed by atoms with Crippen LogP contribution in [-0.4, -0.2) is 26.5 Å². The number of nitrogens with one attached hydrogen (secondary N) is 1. The maximum atomic E-state index is 5.81. The van der Waals surface area contributed by atoms with Gasteiger partial charge in [-0.3, -0.25) is 0 Å². The molecule has 3 N–H and O–H groups in total.